The Bertz CT molecular complexity index is 1370. The number of anilines is 1. The van der Waals surface area contributed by atoms with Crippen LogP contribution in [-0.2, 0) is 4.79 Å². The third-order valence-electron chi connectivity index (χ3n) is 6.31. The first-order valence-corrected chi connectivity index (χ1v) is 11.1. The molecule has 0 spiro atoms. The lowest BCUT2D eigenvalue weighted by Gasteiger charge is -2.49. The number of carbonyl (C=O) groups excluding carboxylic acids is 3. The number of carbonyl (C=O) groups is 3. The van der Waals surface area contributed by atoms with E-state index in [1.165, 1.54) is 23.1 Å². The number of benzene rings is 3. The number of hydrogen-bond donors (Lipinski definition) is 0. The topological polar surface area (TPSA) is 110 Å². The second-order valence-corrected chi connectivity index (χ2v) is 8.37. The van der Waals surface area contributed by atoms with E-state index in [1.54, 1.807) is 36.4 Å². The number of imide groups is 1. The molecule has 0 aromatic heterocycles. The highest BCUT2D eigenvalue weighted by Crippen LogP contribution is 2.45. The van der Waals surface area contributed by atoms with Crippen LogP contribution in [-0.4, -0.2) is 40.2 Å². The summed E-state index contributed by atoms with van der Waals surface area (Å²) in [5, 5.41) is 11.5. The minimum atomic E-state index is -1.14. The zero-order valence-electron chi connectivity index (χ0n) is 19.0. The second-order valence-electron chi connectivity index (χ2n) is 8.37. The number of nitro benzene ring substituents is 1. The number of ether oxygens (including phenoxy) is 1. The van der Waals surface area contributed by atoms with E-state index < -0.39 is 40.4 Å². The van der Waals surface area contributed by atoms with Crippen LogP contribution in [0, 0.1) is 17.0 Å². The lowest BCUT2D eigenvalue weighted by atomic mass is 9.86. The maximum atomic E-state index is 13.5. The van der Waals surface area contributed by atoms with Gasteiger partial charge in [-0.05, 0) is 49.7 Å². The van der Waals surface area contributed by atoms with Gasteiger partial charge in [0.05, 0.1) is 23.1 Å². The van der Waals surface area contributed by atoms with Crippen LogP contribution in [0.25, 0.3) is 0 Å². The minimum absolute atomic E-state index is 0.0729. The van der Waals surface area contributed by atoms with Gasteiger partial charge in [0.2, 0.25) is 0 Å². The molecule has 0 bridgehead atoms. The minimum Gasteiger partial charge on any atom is -0.494 e. The molecular formula is C26H21N3O6. The van der Waals surface area contributed by atoms with E-state index in [4.69, 9.17) is 4.74 Å². The number of aryl methyl sites for hydroxylation is 1. The van der Waals surface area contributed by atoms with Crippen LogP contribution in [0.4, 0.5) is 11.4 Å². The maximum Gasteiger partial charge on any atom is 0.282 e. The summed E-state index contributed by atoms with van der Waals surface area (Å²) < 4.78 is 5.51. The fraction of sp³-hybridized carbons (Fsp3) is 0.192. The molecule has 0 unspecified atom stereocenters. The Morgan fingerprint density at radius 2 is 1.57 bits per heavy atom. The van der Waals surface area contributed by atoms with Crippen molar-refractivity contribution in [3.05, 3.63) is 99.1 Å². The van der Waals surface area contributed by atoms with E-state index in [0.717, 1.165) is 10.5 Å². The van der Waals surface area contributed by atoms with Crippen LogP contribution in [0.2, 0.25) is 0 Å². The maximum absolute atomic E-state index is 13.5. The largest absolute Gasteiger partial charge is 0.494 e. The van der Waals surface area contributed by atoms with Gasteiger partial charge in [-0.3, -0.25) is 29.4 Å². The highest BCUT2D eigenvalue weighted by atomic mass is 16.6. The molecule has 0 N–H and O–H groups in total. The summed E-state index contributed by atoms with van der Waals surface area (Å²) in [7, 11) is 0. The zero-order valence-corrected chi connectivity index (χ0v) is 19.0. The fourth-order valence-corrected chi connectivity index (χ4v) is 4.67. The SMILES string of the molecule is CCOc1ccc([C@H]2[C@H](N3C(=O)c4cccc([N+](=O)[O-])c4C3=O)C(=O)N2c2ccc(C)cc2)cc1. The van der Waals surface area contributed by atoms with E-state index >= 15 is 0 Å². The van der Waals surface area contributed by atoms with Crippen molar-refractivity contribution in [3.8, 4) is 5.75 Å². The van der Waals surface area contributed by atoms with Crippen LogP contribution in [0.1, 0.15) is 44.8 Å². The van der Waals surface area contributed by atoms with Crippen LogP contribution in [0.3, 0.4) is 0 Å². The van der Waals surface area contributed by atoms with Crippen molar-refractivity contribution < 1.29 is 24.0 Å². The van der Waals surface area contributed by atoms with Crippen molar-refractivity contribution in [2.75, 3.05) is 11.5 Å². The van der Waals surface area contributed by atoms with Gasteiger partial charge in [-0.15, -0.1) is 0 Å². The van der Waals surface area contributed by atoms with Crippen LogP contribution >= 0.6 is 0 Å². The molecule has 0 radical (unpaired) electrons. The summed E-state index contributed by atoms with van der Waals surface area (Å²) in [4.78, 5) is 53.3. The molecule has 2 aliphatic heterocycles. The van der Waals surface area contributed by atoms with Crippen LogP contribution in [0.15, 0.2) is 66.7 Å². The normalized spacial score (nSPS) is 19.0. The summed E-state index contributed by atoms with van der Waals surface area (Å²) in [6.45, 7) is 4.29. The van der Waals surface area contributed by atoms with Gasteiger partial charge in [-0.25, -0.2) is 0 Å². The second kappa shape index (κ2) is 8.35. The summed E-state index contributed by atoms with van der Waals surface area (Å²) in [5.74, 6) is -1.34. The van der Waals surface area contributed by atoms with Crippen molar-refractivity contribution >= 4 is 29.1 Å². The number of β-lactam (4-membered cyclic amide) rings is 1. The van der Waals surface area contributed by atoms with Gasteiger partial charge >= 0.3 is 0 Å². The smallest absolute Gasteiger partial charge is 0.282 e. The molecule has 1 fully saturated rings. The molecule has 1 saturated heterocycles. The number of amides is 3. The molecule has 3 aromatic rings. The monoisotopic (exact) mass is 471 g/mol. The molecule has 2 atom stereocenters. The standard InChI is InChI=1S/C26H21N3O6/c1-3-35-18-13-9-16(10-14-18)22-23(26(32)27(22)17-11-7-15(2)8-12-17)28-24(30)19-5-4-6-20(29(33)34)21(19)25(28)31/h4-14,22-23H,3H2,1-2H3/t22-,23-/m0/s1. The summed E-state index contributed by atoms with van der Waals surface area (Å²) >= 11 is 0. The number of nitrogens with zero attached hydrogens (tertiary/aromatic N) is 3. The molecule has 9 heteroatoms. The lowest BCUT2D eigenvalue weighted by molar-refractivity contribution is -0.385. The fourth-order valence-electron chi connectivity index (χ4n) is 4.67. The van der Waals surface area contributed by atoms with Gasteiger partial charge in [0, 0.05) is 11.8 Å². The molecule has 3 aromatic carbocycles. The summed E-state index contributed by atoms with van der Waals surface area (Å²) in [6.07, 6.45) is 0. The van der Waals surface area contributed by atoms with E-state index in [9.17, 15) is 24.5 Å². The Morgan fingerprint density at radius 1 is 0.886 bits per heavy atom. The Morgan fingerprint density at radius 3 is 2.20 bits per heavy atom. The lowest BCUT2D eigenvalue weighted by Crippen LogP contribution is -2.67. The van der Waals surface area contributed by atoms with Gasteiger partial charge in [-0.1, -0.05) is 35.9 Å². The quantitative estimate of drug-likeness (QED) is 0.232. The molecule has 9 nitrogen and oxygen atoms in total. The van der Waals surface area contributed by atoms with E-state index in [1.807, 2.05) is 26.0 Å². The first kappa shape index (κ1) is 22.3. The molecule has 0 saturated carbocycles. The Labute approximate surface area is 200 Å². The van der Waals surface area contributed by atoms with E-state index in [0.29, 0.717) is 23.6 Å². The molecule has 35 heavy (non-hydrogen) atoms. The highest BCUT2D eigenvalue weighted by Gasteiger charge is 2.58. The molecule has 0 aliphatic carbocycles. The van der Waals surface area contributed by atoms with Gasteiger partial charge in [-0.2, -0.15) is 0 Å². The molecule has 2 aliphatic rings. The third kappa shape index (κ3) is 3.43. The van der Waals surface area contributed by atoms with Gasteiger partial charge < -0.3 is 9.64 Å². The average molecular weight is 471 g/mol. The van der Waals surface area contributed by atoms with Crippen LogP contribution < -0.4 is 9.64 Å². The number of nitro groups is 1. The van der Waals surface area contributed by atoms with Crippen molar-refractivity contribution in [2.45, 2.75) is 25.9 Å². The summed E-state index contributed by atoms with van der Waals surface area (Å²) in [5.41, 5.74) is 1.53. The van der Waals surface area contributed by atoms with Gasteiger partial charge in [0.1, 0.15) is 17.4 Å². The third-order valence-corrected chi connectivity index (χ3v) is 6.31. The van der Waals surface area contributed by atoms with Crippen molar-refractivity contribution in [2.24, 2.45) is 0 Å². The molecule has 176 valence electrons. The molecule has 2 heterocycles. The zero-order chi connectivity index (χ0) is 24.9. The predicted octanol–water partition coefficient (Wildman–Crippen LogP) is 4.05. The highest BCUT2D eigenvalue weighted by molar-refractivity contribution is 6.26. The van der Waals surface area contributed by atoms with Crippen molar-refractivity contribution in [1.82, 2.24) is 4.90 Å². The average Bonchev–Trinajstić information content (AvgIpc) is 3.10. The molecule has 5 rings (SSSR count). The Balaban J connectivity index is 1.58. The van der Waals surface area contributed by atoms with E-state index in [-0.39, 0.29) is 11.1 Å². The summed E-state index contributed by atoms with van der Waals surface area (Å²) in [6, 6.07) is 16.6. The van der Waals surface area contributed by atoms with E-state index in [2.05, 4.69) is 0 Å². The van der Waals surface area contributed by atoms with Gasteiger partial charge in [0.15, 0.2) is 0 Å². The Hall–Kier alpha value is -4.53. The van der Waals surface area contributed by atoms with Crippen molar-refractivity contribution in [3.63, 3.8) is 0 Å². The van der Waals surface area contributed by atoms with Gasteiger partial charge in [0.25, 0.3) is 23.4 Å². The first-order valence-electron chi connectivity index (χ1n) is 11.1. The molecule has 3 amide bonds. The predicted molar refractivity (Wildman–Crippen MR) is 126 cm³/mol. The van der Waals surface area contributed by atoms with Crippen LogP contribution in [0.5, 0.6) is 5.75 Å². The first-order chi connectivity index (χ1) is 16.8. The Kier molecular flexibility index (Phi) is 5.32. The molecular weight excluding hydrogens is 450 g/mol. The number of fused-ring (bicyclic) bond motifs is 1. The van der Waals surface area contributed by atoms with Crippen molar-refractivity contribution in [1.29, 1.82) is 0 Å². The number of rotatable bonds is 6. The number of hydrogen-bond acceptors (Lipinski definition) is 6.